The van der Waals surface area contributed by atoms with E-state index in [0.717, 1.165) is 23.1 Å². The first kappa shape index (κ1) is 18.6. The Morgan fingerprint density at radius 1 is 1.16 bits per heavy atom. The van der Waals surface area contributed by atoms with Gasteiger partial charge in [-0.3, -0.25) is 14.9 Å². The monoisotopic (exact) mass is 340 g/mol. The molecule has 3 rings (SSSR count). The van der Waals surface area contributed by atoms with Crippen LogP contribution in [0.5, 0.6) is 0 Å². The molecule has 1 aromatic heterocycles. The van der Waals surface area contributed by atoms with E-state index < -0.39 is 0 Å². The van der Waals surface area contributed by atoms with Crippen molar-refractivity contribution in [3.05, 3.63) is 52.8 Å². The maximum absolute atomic E-state index is 12.5. The first-order valence-electron chi connectivity index (χ1n) is 8.50. The van der Waals surface area contributed by atoms with Crippen molar-refractivity contribution >= 4 is 17.8 Å². The van der Waals surface area contributed by atoms with Crippen molar-refractivity contribution in [3.63, 3.8) is 0 Å². The van der Waals surface area contributed by atoms with Gasteiger partial charge in [-0.15, -0.1) is 0 Å². The van der Waals surface area contributed by atoms with Gasteiger partial charge in [0.05, 0.1) is 0 Å². The van der Waals surface area contributed by atoms with E-state index in [2.05, 4.69) is 15.3 Å². The molecule has 132 valence electrons. The topological polar surface area (TPSA) is 75.2 Å². The standard InChI is InChI=1S/C17H18N4O2.C2H6/c1-11-3-4-14-13(7-11)5-6-21(16(14)23)10-15(22)20-17-18-8-12(2)9-19-17;1-2/h3-4,7-9H,5-6,10H2,1-2H3,(H,18,19,20,22);1-2H3. The number of carbonyl (C=O) groups is 2. The summed E-state index contributed by atoms with van der Waals surface area (Å²) in [6.07, 6.45) is 4.03. The van der Waals surface area contributed by atoms with Gasteiger partial charge in [-0.05, 0) is 37.5 Å². The van der Waals surface area contributed by atoms with Crippen LogP contribution < -0.4 is 5.32 Å². The highest BCUT2D eigenvalue weighted by Crippen LogP contribution is 2.20. The fourth-order valence-corrected chi connectivity index (χ4v) is 2.61. The summed E-state index contributed by atoms with van der Waals surface area (Å²) in [6, 6.07) is 5.78. The second kappa shape index (κ2) is 8.37. The Morgan fingerprint density at radius 2 is 1.84 bits per heavy atom. The Labute approximate surface area is 148 Å². The van der Waals surface area contributed by atoms with E-state index in [1.54, 1.807) is 17.3 Å². The maximum atomic E-state index is 12.5. The molecule has 1 aromatic carbocycles. The van der Waals surface area contributed by atoms with Crippen LogP contribution in [0, 0.1) is 13.8 Å². The van der Waals surface area contributed by atoms with Gasteiger partial charge in [0.25, 0.3) is 5.91 Å². The van der Waals surface area contributed by atoms with Crippen LogP contribution in [-0.4, -0.2) is 39.8 Å². The van der Waals surface area contributed by atoms with E-state index in [-0.39, 0.29) is 24.3 Å². The average Bonchev–Trinajstić information content (AvgIpc) is 2.61. The fourth-order valence-electron chi connectivity index (χ4n) is 2.61. The third-order valence-corrected chi connectivity index (χ3v) is 3.80. The summed E-state index contributed by atoms with van der Waals surface area (Å²) >= 11 is 0. The predicted molar refractivity (Wildman–Crippen MR) is 97.5 cm³/mol. The van der Waals surface area contributed by atoms with Crippen molar-refractivity contribution in [3.8, 4) is 0 Å². The molecule has 0 unspecified atom stereocenters. The Hall–Kier alpha value is -2.76. The average molecular weight is 340 g/mol. The molecular formula is C19H24N4O2. The number of hydrogen-bond acceptors (Lipinski definition) is 4. The molecule has 6 nitrogen and oxygen atoms in total. The molecule has 0 radical (unpaired) electrons. The number of amides is 2. The number of nitrogens with one attached hydrogen (secondary N) is 1. The summed E-state index contributed by atoms with van der Waals surface area (Å²) in [4.78, 5) is 34.2. The molecule has 0 fully saturated rings. The highest BCUT2D eigenvalue weighted by atomic mass is 16.2. The van der Waals surface area contributed by atoms with Crippen molar-refractivity contribution in [2.75, 3.05) is 18.4 Å². The summed E-state index contributed by atoms with van der Waals surface area (Å²) in [7, 11) is 0. The molecule has 6 heteroatoms. The first-order valence-corrected chi connectivity index (χ1v) is 8.50. The molecule has 0 atom stereocenters. The minimum absolute atomic E-state index is 0.00336. The van der Waals surface area contributed by atoms with E-state index >= 15 is 0 Å². The van der Waals surface area contributed by atoms with Crippen LogP contribution >= 0.6 is 0 Å². The molecule has 25 heavy (non-hydrogen) atoms. The highest BCUT2D eigenvalue weighted by Gasteiger charge is 2.25. The number of benzene rings is 1. The molecule has 2 heterocycles. The van der Waals surface area contributed by atoms with Crippen LogP contribution in [0.15, 0.2) is 30.6 Å². The lowest BCUT2D eigenvalue weighted by Crippen LogP contribution is -2.42. The summed E-state index contributed by atoms with van der Waals surface area (Å²) < 4.78 is 0. The number of anilines is 1. The quantitative estimate of drug-likeness (QED) is 0.932. The number of nitrogens with zero attached hydrogens (tertiary/aromatic N) is 3. The predicted octanol–water partition coefficient (Wildman–Crippen LogP) is 2.76. The van der Waals surface area contributed by atoms with Gasteiger partial charge in [0.15, 0.2) is 0 Å². The molecule has 0 saturated heterocycles. The normalized spacial score (nSPS) is 12.8. The molecular weight excluding hydrogens is 316 g/mol. The summed E-state index contributed by atoms with van der Waals surface area (Å²) in [6.45, 7) is 8.42. The zero-order chi connectivity index (χ0) is 18.4. The lowest BCUT2D eigenvalue weighted by Gasteiger charge is -2.28. The Bertz CT molecular complexity index is 757. The Morgan fingerprint density at radius 3 is 2.52 bits per heavy atom. The minimum atomic E-state index is -0.294. The van der Waals surface area contributed by atoms with Gasteiger partial charge < -0.3 is 4.90 Å². The molecule has 0 bridgehead atoms. The van der Waals surface area contributed by atoms with Crippen LogP contribution in [0.3, 0.4) is 0 Å². The second-order valence-electron chi connectivity index (χ2n) is 5.77. The number of fused-ring (bicyclic) bond motifs is 1. The van der Waals surface area contributed by atoms with Crippen molar-refractivity contribution in [1.29, 1.82) is 0 Å². The first-order chi connectivity index (χ1) is 12.0. The van der Waals surface area contributed by atoms with E-state index in [9.17, 15) is 9.59 Å². The largest absolute Gasteiger partial charge is 0.329 e. The van der Waals surface area contributed by atoms with E-state index in [0.29, 0.717) is 12.1 Å². The molecule has 1 N–H and O–H groups in total. The zero-order valence-corrected chi connectivity index (χ0v) is 15.2. The van der Waals surface area contributed by atoms with Crippen LogP contribution in [0.2, 0.25) is 0 Å². The van der Waals surface area contributed by atoms with Gasteiger partial charge in [-0.1, -0.05) is 31.5 Å². The summed E-state index contributed by atoms with van der Waals surface area (Å²) in [5, 5.41) is 2.62. The fraction of sp³-hybridized carbons (Fsp3) is 0.368. The lowest BCUT2D eigenvalue weighted by atomic mass is 9.97. The number of aryl methyl sites for hydroxylation is 2. The molecule has 2 aromatic rings. The zero-order valence-electron chi connectivity index (χ0n) is 15.2. The maximum Gasteiger partial charge on any atom is 0.254 e. The SMILES string of the molecule is CC.Cc1cnc(NC(=O)CN2CCc3cc(C)ccc3C2=O)nc1. The van der Waals surface area contributed by atoms with Gasteiger partial charge in [0.2, 0.25) is 11.9 Å². The van der Waals surface area contributed by atoms with Gasteiger partial charge in [0.1, 0.15) is 6.54 Å². The number of rotatable bonds is 3. The molecule has 0 spiro atoms. The third kappa shape index (κ3) is 4.62. The van der Waals surface area contributed by atoms with Gasteiger partial charge in [-0.2, -0.15) is 0 Å². The molecule has 2 amide bonds. The number of aromatic nitrogens is 2. The van der Waals surface area contributed by atoms with Crippen LogP contribution in [0.25, 0.3) is 0 Å². The third-order valence-electron chi connectivity index (χ3n) is 3.80. The van der Waals surface area contributed by atoms with E-state index in [4.69, 9.17) is 0 Å². The molecule has 1 aliphatic rings. The molecule has 1 aliphatic heterocycles. The minimum Gasteiger partial charge on any atom is -0.329 e. The van der Waals surface area contributed by atoms with Crippen molar-refractivity contribution in [1.82, 2.24) is 14.9 Å². The van der Waals surface area contributed by atoms with Crippen molar-refractivity contribution in [2.45, 2.75) is 34.1 Å². The number of hydrogen-bond donors (Lipinski definition) is 1. The lowest BCUT2D eigenvalue weighted by molar-refractivity contribution is -0.117. The van der Waals surface area contributed by atoms with Crippen LogP contribution in [-0.2, 0) is 11.2 Å². The number of carbonyl (C=O) groups excluding carboxylic acids is 2. The summed E-state index contributed by atoms with van der Waals surface area (Å²) in [5.41, 5.74) is 3.79. The Balaban J connectivity index is 0.00000109. The second-order valence-corrected chi connectivity index (χ2v) is 5.77. The highest BCUT2D eigenvalue weighted by molar-refractivity contribution is 6.00. The van der Waals surface area contributed by atoms with Crippen molar-refractivity contribution in [2.24, 2.45) is 0 Å². The van der Waals surface area contributed by atoms with Crippen LogP contribution in [0.4, 0.5) is 5.95 Å². The van der Waals surface area contributed by atoms with E-state index in [1.807, 2.05) is 45.9 Å². The molecule has 0 aliphatic carbocycles. The van der Waals surface area contributed by atoms with Gasteiger partial charge in [-0.25, -0.2) is 9.97 Å². The van der Waals surface area contributed by atoms with E-state index in [1.165, 1.54) is 0 Å². The van der Waals surface area contributed by atoms with Gasteiger partial charge in [0, 0.05) is 24.5 Å². The van der Waals surface area contributed by atoms with Crippen LogP contribution in [0.1, 0.15) is 40.9 Å². The van der Waals surface area contributed by atoms with Gasteiger partial charge >= 0.3 is 0 Å². The molecule has 0 saturated carbocycles. The smallest absolute Gasteiger partial charge is 0.254 e. The Kier molecular flexibility index (Phi) is 6.22. The summed E-state index contributed by atoms with van der Waals surface area (Å²) in [5.74, 6) is -0.148. The van der Waals surface area contributed by atoms with Crippen molar-refractivity contribution < 1.29 is 9.59 Å².